The molecule has 8 heteroatoms. The molecule has 1 amide bonds. The Hall–Kier alpha value is -2.87. The number of thiophene rings is 1. The van der Waals surface area contributed by atoms with Crippen LogP contribution in [0.1, 0.15) is 24.1 Å². The van der Waals surface area contributed by atoms with Gasteiger partial charge in [-0.25, -0.2) is 0 Å². The number of rotatable bonds is 4. The Morgan fingerprint density at radius 1 is 1.03 bits per heavy atom. The molecule has 3 heterocycles. The lowest BCUT2D eigenvalue weighted by Crippen LogP contribution is -2.39. The van der Waals surface area contributed by atoms with Gasteiger partial charge in [0.05, 0.1) is 28.8 Å². The van der Waals surface area contributed by atoms with Crippen molar-refractivity contribution in [2.45, 2.75) is 25.7 Å². The minimum absolute atomic E-state index is 0.0973. The molecule has 152 valence electrons. The zero-order chi connectivity index (χ0) is 20.5. The van der Waals surface area contributed by atoms with Crippen LogP contribution in [0.3, 0.4) is 0 Å². The first-order chi connectivity index (χ1) is 14.0. The number of benzene rings is 1. The van der Waals surface area contributed by atoms with Crippen molar-refractivity contribution in [1.82, 2.24) is 9.13 Å². The molecule has 1 aromatic carbocycles. The number of piperidine rings is 1. The molecule has 4 rings (SSSR count). The molecule has 1 aliphatic heterocycles. The van der Waals surface area contributed by atoms with Gasteiger partial charge >= 0.3 is 11.1 Å². The first kappa shape index (κ1) is 19.4. The van der Waals surface area contributed by atoms with Crippen molar-refractivity contribution in [1.29, 1.82) is 0 Å². The SMILES string of the molecule is Cn1c(=O)c(=O)n(C)c2cc(N3CCCCC3)c(NC(=O)Cc3cccs3)cc21. The maximum absolute atomic E-state index is 12.7. The Morgan fingerprint density at radius 2 is 1.69 bits per heavy atom. The van der Waals surface area contributed by atoms with Gasteiger partial charge in [0.2, 0.25) is 5.91 Å². The molecule has 1 fully saturated rings. The Balaban J connectivity index is 1.82. The van der Waals surface area contributed by atoms with Crippen molar-refractivity contribution in [3.05, 3.63) is 55.2 Å². The molecule has 0 radical (unpaired) electrons. The molecule has 0 spiro atoms. The second-order valence-electron chi connectivity index (χ2n) is 7.44. The molecule has 0 unspecified atom stereocenters. The van der Waals surface area contributed by atoms with Crippen LogP contribution < -0.4 is 21.3 Å². The number of hydrogen-bond acceptors (Lipinski definition) is 5. The van der Waals surface area contributed by atoms with Crippen LogP contribution in [-0.4, -0.2) is 28.1 Å². The molecule has 2 aromatic heterocycles. The first-order valence-corrected chi connectivity index (χ1v) is 10.6. The number of anilines is 2. The highest BCUT2D eigenvalue weighted by Crippen LogP contribution is 2.32. The van der Waals surface area contributed by atoms with E-state index in [1.54, 1.807) is 25.4 Å². The maximum Gasteiger partial charge on any atom is 0.316 e. The predicted molar refractivity (Wildman–Crippen MR) is 117 cm³/mol. The summed E-state index contributed by atoms with van der Waals surface area (Å²) in [4.78, 5) is 40.5. The minimum atomic E-state index is -0.582. The van der Waals surface area contributed by atoms with E-state index >= 15 is 0 Å². The van der Waals surface area contributed by atoms with Gasteiger partial charge in [0.25, 0.3) is 0 Å². The number of amides is 1. The summed E-state index contributed by atoms with van der Waals surface area (Å²) in [5.74, 6) is -0.0973. The largest absolute Gasteiger partial charge is 0.370 e. The van der Waals surface area contributed by atoms with Gasteiger partial charge < -0.3 is 19.4 Å². The van der Waals surface area contributed by atoms with E-state index in [2.05, 4.69) is 10.2 Å². The van der Waals surface area contributed by atoms with Crippen LogP contribution >= 0.6 is 11.3 Å². The molecule has 0 atom stereocenters. The molecule has 29 heavy (non-hydrogen) atoms. The van der Waals surface area contributed by atoms with Crippen LogP contribution in [0.4, 0.5) is 11.4 Å². The molecule has 1 N–H and O–H groups in total. The fourth-order valence-corrected chi connectivity index (χ4v) is 4.57. The summed E-state index contributed by atoms with van der Waals surface area (Å²) in [6.45, 7) is 1.80. The summed E-state index contributed by atoms with van der Waals surface area (Å²) in [5, 5.41) is 4.99. The van der Waals surface area contributed by atoms with Gasteiger partial charge in [-0.3, -0.25) is 14.4 Å². The third-order valence-corrected chi connectivity index (χ3v) is 6.37. The number of carbonyl (C=O) groups is 1. The number of aromatic nitrogens is 2. The van der Waals surface area contributed by atoms with E-state index in [1.165, 1.54) is 15.6 Å². The molecule has 0 aliphatic carbocycles. The lowest BCUT2D eigenvalue weighted by Gasteiger charge is -2.31. The fraction of sp³-hybridized carbons (Fsp3) is 0.381. The van der Waals surface area contributed by atoms with Crippen LogP contribution in [0.25, 0.3) is 11.0 Å². The number of aryl methyl sites for hydroxylation is 2. The quantitative estimate of drug-likeness (QED) is 0.668. The topological polar surface area (TPSA) is 76.3 Å². The Bertz CT molecular complexity index is 1170. The van der Waals surface area contributed by atoms with Gasteiger partial charge in [0.15, 0.2) is 0 Å². The van der Waals surface area contributed by atoms with Gasteiger partial charge in [-0.05, 0) is 42.8 Å². The van der Waals surface area contributed by atoms with Gasteiger partial charge in [-0.15, -0.1) is 11.3 Å². The van der Waals surface area contributed by atoms with Crippen molar-refractivity contribution in [3.63, 3.8) is 0 Å². The predicted octanol–water partition coefficient (Wildman–Crippen LogP) is 2.47. The van der Waals surface area contributed by atoms with E-state index in [4.69, 9.17) is 0 Å². The summed E-state index contributed by atoms with van der Waals surface area (Å²) in [5.41, 5.74) is 1.72. The van der Waals surface area contributed by atoms with Crippen LogP contribution in [0, 0.1) is 0 Å². The second kappa shape index (κ2) is 7.87. The maximum atomic E-state index is 12.7. The molecule has 1 aliphatic rings. The van der Waals surface area contributed by atoms with E-state index in [9.17, 15) is 14.4 Å². The summed E-state index contributed by atoms with van der Waals surface area (Å²) >= 11 is 1.55. The monoisotopic (exact) mass is 412 g/mol. The molecule has 0 bridgehead atoms. The zero-order valence-electron chi connectivity index (χ0n) is 16.6. The highest BCUT2D eigenvalue weighted by Gasteiger charge is 2.20. The van der Waals surface area contributed by atoms with Gasteiger partial charge in [-0.1, -0.05) is 6.07 Å². The number of nitrogens with zero attached hydrogens (tertiary/aromatic N) is 3. The number of carbonyl (C=O) groups excluding carboxylic acids is 1. The second-order valence-corrected chi connectivity index (χ2v) is 8.47. The molecular formula is C21H24N4O3S. The van der Waals surface area contributed by atoms with Gasteiger partial charge in [0, 0.05) is 32.1 Å². The Morgan fingerprint density at radius 3 is 2.31 bits per heavy atom. The molecular weight excluding hydrogens is 388 g/mol. The van der Waals surface area contributed by atoms with Gasteiger partial charge in [-0.2, -0.15) is 0 Å². The van der Waals surface area contributed by atoms with Crippen LogP contribution in [-0.2, 0) is 25.3 Å². The highest BCUT2D eigenvalue weighted by molar-refractivity contribution is 7.10. The standard InChI is InChI=1S/C21H24N4O3S/c1-23-17-12-15(22-19(26)11-14-7-6-10-29-14)16(25-8-4-3-5-9-25)13-18(17)24(2)21(28)20(23)27/h6-7,10,12-13H,3-5,8-9,11H2,1-2H3,(H,22,26). The molecule has 1 saturated heterocycles. The van der Waals surface area contributed by atoms with Crippen molar-refractivity contribution < 1.29 is 4.79 Å². The Kier molecular flexibility index (Phi) is 5.27. The molecule has 7 nitrogen and oxygen atoms in total. The van der Waals surface area contributed by atoms with E-state index in [-0.39, 0.29) is 5.91 Å². The van der Waals surface area contributed by atoms with Gasteiger partial charge in [0.1, 0.15) is 0 Å². The molecule has 3 aromatic rings. The number of nitrogens with one attached hydrogen (secondary N) is 1. The lowest BCUT2D eigenvalue weighted by atomic mass is 10.1. The Labute approximate surface area is 172 Å². The van der Waals surface area contributed by atoms with Crippen LogP contribution in [0.15, 0.2) is 39.2 Å². The average molecular weight is 413 g/mol. The first-order valence-electron chi connectivity index (χ1n) is 9.76. The van der Waals surface area contributed by atoms with Crippen molar-refractivity contribution >= 4 is 39.7 Å². The van der Waals surface area contributed by atoms with E-state index in [0.717, 1.165) is 36.5 Å². The zero-order valence-corrected chi connectivity index (χ0v) is 17.4. The molecule has 0 saturated carbocycles. The van der Waals surface area contributed by atoms with E-state index in [1.807, 2.05) is 29.6 Å². The average Bonchev–Trinajstić information content (AvgIpc) is 3.24. The van der Waals surface area contributed by atoms with E-state index in [0.29, 0.717) is 23.1 Å². The van der Waals surface area contributed by atoms with Crippen molar-refractivity contribution in [2.24, 2.45) is 14.1 Å². The number of fused-ring (bicyclic) bond motifs is 1. The lowest BCUT2D eigenvalue weighted by molar-refractivity contribution is -0.115. The third-order valence-electron chi connectivity index (χ3n) is 5.49. The van der Waals surface area contributed by atoms with Crippen molar-refractivity contribution in [2.75, 3.05) is 23.3 Å². The number of hydrogen-bond donors (Lipinski definition) is 1. The highest BCUT2D eigenvalue weighted by atomic mass is 32.1. The fourth-order valence-electron chi connectivity index (χ4n) is 3.87. The summed E-state index contributed by atoms with van der Waals surface area (Å²) < 4.78 is 2.74. The minimum Gasteiger partial charge on any atom is -0.370 e. The van der Waals surface area contributed by atoms with Crippen molar-refractivity contribution in [3.8, 4) is 0 Å². The normalized spacial score (nSPS) is 14.3. The van der Waals surface area contributed by atoms with Crippen LogP contribution in [0.2, 0.25) is 0 Å². The summed E-state index contributed by atoms with van der Waals surface area (Å²) in [6.07, 6.45) is 3.68. The van der Waals surface area contributed by atoms with E-state index < -0.39 is 11.1 Å². The summed E-state index contributed by atoms with van der Waals surface area (Å²) in [7, 11) is 3.20. The third kappa shape index (κ3) is 3.72. The van der Waals surface area contributed by atoms with Crippen LogP contribution in [0.5, 0.6) is 0 Å². The summed E-state index contributed by atoms with van der Waals surface area (Å²) in [6, 6.07) is 7.60. The smallest absolute Gasteiger partial charge is 0.316 e.